The summed E-state index contributed by atoms with van der Waals surface area (Å²) >= 11 is 6.17. The van der Waals surface area contributed by atoms with E-state index in [1.165, 1.54) is 0 Å². The molecule has 14 heteroatoms. The zero-order chi connectivity index (χ0) is 38.9. The molecule has 3 aromatic carbocycles. The van der Waals surface area contributed by atoms with E-state index in [4.69, 9.17) is 21.6 Å². The Morgan fingerprint density at radius 1 is 0.768 bits per heavy atom. The molecule has 0 spiro atoms. The second-order valence-electron chi connectivity index (χ2n) is 15.3. The minimum atomic E-state index is -0.975. The van der Waals surface area contributed by atoms with Gasteiger partial charge in [0, 0.05) is 101 Å². The fraction of sp³-hybridized carbons (Fsp3) is 0.429. The van der Waals surface area contributed by atoms with E-state index >= 15 is 0 Å². The summed E-state index contributed by atoms with van der Waals surface area (Å²) in [5, 5.41) is 11.7. The quantitative estimate of drug-likeness (QED) is 0.328. The summed E-state index contributed by atoms with van der Waals surface area (Å²) in [5.41, 5.74) is 3.71. The van der Waals surface area contributed by atoms with Gasteiger partial charge in [0.15, 0.2) is 0 Å². The lowest BCUT2D eigenvalue weighted by Crippen LogP contribution is -2.54. The molecule has 8 rings (SSSR count). The van der Waals surface area contributed by atoms with Crippen molar-refractivity contribution in [3.63, 3.8) is 0 Å². The van der Waals surface area contributed by atoms with Crippen molar-refractivity contribution < 1.29 is 28.7 Å². The Balaban J connectivity index is 0.767. The molecule has 5 amide bonds. The number of piperazine rings is 1. The average Bonchev–Trinajstić information content (AvgIpc) is 3.46. The van der Waals surface area contributed by atoms with Crippen LogP contribution in [0.15, 0.2) is 60.7 Å². The standard InChI is InChI=1S/C42H44ClN7O6/c43-36-24-33(7-3-29(36)25-44)56-32-13-17-47(18-14-32)30-4-1-28(2-5-30)40(53)49-21-19-46(20-22-49)26-27-11-15-48(16-12-27)31-6-8-34-35(23-31)42(55)50(41(34)54)37-9-10-38(51)45-39(37)52/h1-8,23-24,27,32,37H,9-22,26H2,(H,45,51,52). The maximum Gasteiger partial charge on any atom is 0.262 e. The maximum absolute atomic E-state index is 13.4. The molecule has 5 aliphatic heterocycles. The number of nitrogens with one attached hydrogen (secondary N) is 1. The zero-order valence-corrected chi connectivity index (χ0v) is 31.9. The Labute approximate surface area is 330 Å². The molecule has 13 nitrogen and oxygen atoms in total. The van der Waals surface area contributed by atoms with Crippen LogP contribution in [0.1, 0.15) is 75.2 Å². The number of ether oxygens (including phenoxy) is 1. The summed E-state index contributed by atoms with van der Waals surface area (Å²) in [5.74, 6) is -0.725. The van der Waals surface area contributed by atoms with Crippen LogP contribution >= 0.6 is 11.6 Å². The molecule has 4 fully saturated rings. The van der Waals surface area contributed by atoms with Gasteiger partial charge >= 0.3 is 0 Å². The molecule has 0 aromatic heterocycles. The number of rotatable bonds is 8. The Bertz CT molecular complexity index is 2080. The summed E-state index contributed by atoms with van der Waals surface area (Å²) in [7, 11) is 0. The second-order valence-corrected chi connectivity index (χ2v) is 15.7. The molecule has 1 atom stereocenters. The number of fused-ring (bicyclic) bond motifs is 1. The molecular formula is C42H44ClN7O6. The molecule has 56 heavy (non-hydrogen) atoms. The number of nitrogens with zero attached hydrogens (tertiary/aromatic N) is 6. The largest absolute Gasteiger partial charge is 0.490 e. The Kier molecular flexibility index (Phi) is 10.7. The van der Waals surface area contributed by atoms with Gasteiger partial charge < -0.3 is 19.4 Å². The van der Waals surface area contributed by atoms with Gasteiger partial charge in [0.1, 0.15) is 24.0 Å². The number of nitriles is 1. The van der Waals surface area contributed by atoms with E-state index in [0.29, 0.717) is 52.0 Å². The zero-order valence-electron chi connectivity index (χ0n) is 31.1. The van der Waals surface area contributed by atoms with Gasteiger partial charge in [-0.1, -0.05) is 11.6 Å². The Hall–Kier alpha value is -5.45. The van der Waals surface area contributed by atoms with Crippen LogP contribution in [-0.4, -0.2) is 115 Å². The number of piperidine rings is 3. The van der Waals surface area contributed by atoms with E-state index in [0.717, 1.165) is 87.8 Å². The summed E-state index contributed by atoms with van der Waals surface area (Å²) in [6.45, 7) is 7.37. The van der Waals surface area contributed by atoms with Crippen LogP contribution in [0.5, 0.6) is 5.75 Å². The van der Waals surface area contributed by atoms with Gasteiger partial charge in [-0.3, -0.25) is 39.1 Å². The predicted molar refractivity (Wildman–Crippen MR) is 209 cm³/mol. The number of hydrogen-bond donors (Lipinski definition) is 1. The monoisotopic (exact) mass is 777 g/mol. The highest BCUT2D eigenvalue weighted by molar-refractivity contribution is 6.31. The first kappa shape index (κ1) is 37.5. The van der Waals surface area contributed by atoms with Crippen LogP contribution in [0.2, 0.25) is 5.02 Å². The molecule has 3 aromatic rings. The Morgan fingerprint density at radius 2 is 1.43 bits per heavy atom. The fourth-order valence-electron chi connectivity index (χ4n) is 8.61. The fourth-order valence-corrected chi connectivity index (χ4v) is 8.82. The normalized spacial score (nSPS) is 21.2. The van der Waals surface area contributed by atoms with Crippen LogP contribution in [0, 0.1) is 17.2 Å². The van der Waals surface area contributed by atoms with Crippen molar-refractivity contribution >= 4 is 52.5 Å². The second kappa shape index (κ2) is 16.0. The molecule has 0 saturated carbocycles. The number of carbonyl (C=O) groups is 5. The maximum atomic E-state index is 13.4. The van der Waals surface area contributed by atoms with Crippen LogP contribution in [0.3, 0.4) is 0 Å². The van der Waals surface area contributed by atoms with Gasteiger partial charge in [0.05, 0.1) is 21.7 Å². The van der Waals surface area contributed by atoms with Crippen LogP contribution < -0.4 is 19.9 Å². The highest BCUT2D eigenvalue weighted by Crippen LogP contribution is 2.33. The average molecular weight is 778 g/mol. The number of anilines is 2. The van der Waals surface area contributed by atoms with Crippen LogP contribution in [-0.2, 0) is 9.59 Å². The van der Waals surface area contributed by atoms with Crippen LogP contribution in [0.4, 0.5) is 11.4 Å². The smallest absolute Gasteiger partial charge is 0.262 e. The third-order valence-electron chi connectivity index (χ3n) is 11.9. The Morgan fingerprint density at radius 3 is 2.11 bits per heavy atom. The summed E-state index contributed by atoms with van der Waals surface area (Å²) in [6, 6.07) is 19.5. The molecule has 5 heterocycles. The number of amides is 5. The van der Waals surface area contributed by atoms with Crippen LogP contribution in [0.25, 0.3) is 0 Å². The molecule has 1 N–H and O–H groups in total. The number of carbonyl (C=O) groups excluding carboxylic acids is 5. The summed E-state index contributed by atoms with van der Waals surface area (Å²) in [4.78, 5) is 73.9. The lowest BCUT2D eigenvalue weighted by Gasteiger charge is -2.39. The first-order valence-corrected chi connectivity index (χ1v) is 19.9. The van der Waals surface area contributed by atoms with Gasteiger partial charge in [-0.15, -0.1) is 0 Å². The lowest BCUT2D eigenvalue weighted by atomic mass is 9.95. The van der Waals surface area contributed by atoms with Gasteiger partial charge in [0.25, 0.3) is 17.7 Å². The highest BCUT2D eigenvalue weighted by atomic mass is 35.5. The molecule has 1 unspecified atom stereocenters. The number of imide groups is 2. The molecule has 0 radical (unpaired) electrons. The number of benzene rings is 3. The first-order valence-electron chi connectivity index (χ1n) is 19.5. The minimum Gasteiger partial charge on any atom is -0.490 e. The van der Waals surface area contributed by atoms with Gasteiger partial charge in [-0.2, -0.15) is 5.26 Å². The molecule has 0 aliphatic carbocycles. The number of hydrogen-bond acceptors (Lipinski definition) is 10. The van der Waals surface area contributed by atoms with Crippen molar-refractivity contribution in [2.45, 2.75) is 50.7 Å². The molecule has 5 aliphatic rings. The van der Waals surface area contributed by atoms with E-state index in [1.54, 1.807) is 30.3 Å². The van der Waals surface area contributed by atoms with Gasteiger partial charge in [-0.05, 0) is 79.8 Å². The van der Waals surface area contributed by atoms with Crippen molar-refractivity contribution in [2.24, 2.45) is 5.92 Å². The van der Waals surface area contributed by atoms with Crippen molar-refractivity contribution in [2.75, 3.05) is 68.7 Å². The van der Waals surface area contributed by atoms with Crippen molar-refractivity contribution in [1.29, 1.82) is 5.26 Å². The summed E-state index contributed by atoms with van der Waals surface area (Å²) in [6.07, 6.45) is 4.00. The van der Waals surface area contributed by atoms with Gasteiger partial charge in [0.2, 0.25) is 11.8 Å². The third kappa shape index (κ3) is 7.68. The predicted octanol–water partition coefficient (Wildman–Crippen LogP) is 4.34. The van der Waals surface area contributed by atoms with E-state index in [2.05, 4.69) is 26.1 Å². The van der Waals surface area contributed by atoms with E-state index in [1.807, 2.05) is 35.2 Å². The molecule has 4 saturated heterocycles. The molecular weight excluding hydrogens is 734 g/mol. The third-order valence-corrected chi connectivity index (χ3v) is 12.2. The van der Waals surface area contributed by atoms with E-state index in [9.17, 15) is 24.0 Å². The first-order chi connectivity index (χ1) is 27.1. The van der Waals surface area contributed by atoms with Crippen molar-refractivity contribution in [1.82, 2.24) is 20.0 Å². The van der Waals surface area contributed by atoms with Crippen molar-refractivity contribution in [3.05, 3.63) is 87.9 Å². The number of halogens is 1. The lowest BCUT2D eigenvalue weighted by molar-refractivity contribution is -0.136. The SMILES string of the molecule is N#Cc1ccc(OC2CCN(c3ccc(C(=O)N4CCN(CC5CCN(c6ccc7c(c6)C(=O)N(C6CCC(=O)NC6=O)C7=O)CC5)CC4)cc3)CC2)cc1Cl. The minimum absolute atomic E-state index is 0.0625. The van der Waals surface area contributed by atoms with E-state index in [-0.39, 0.29) is 24.9 Å². The van der Waals surface area contributed by atoms with Gasteiger partial charge in [-0.25, -0.2) is 0 Å². The summed E-state index contributed by atoms with van der Waals surface area (Å²) < 4.78 is 6.14. The van der Waals surface area contributed by atoms with Crippen molar-refractivity contribution in [3.8, 4) is 11.8 Å². The molecule has 0 bridgehead atoms. The highest BCUT2D eigenvalue weighted by Gasteiger charge is 2.45. The topological polar surface area (TPSA) is 147 Å². The van der Waals surface area contributed by atoms with E-state index < -0.39 is 29.7 Å². The molecule has 290 valence electrons.